The van der Waals surface area contributed by atoms with Gasteiger partial charge in [-0.2, -0.15) is 17.9 Å². The Morgan fingerprint density at radius 3 is 2.33 bits per heavy atom. The smallest absolute Gasteiger partial charge is 0.200 e. The number of sulfonamides is 1. The van der Waals surface area contributed by atoms with E-state index in [1.54, 1.807) is 23.5 Å². The molecule has 0 amide bonds. The summed E-state index contributed by atoms with van der Waals surface area (Å²) in [6, 6.07) is 18.6. The lowest BCUT2D eigenvalue weighted by atomic mass is 9.98. The molecule has 2 heterocycles. The van der Waals surface area contributed by atoms with Gasteiger partial charge in [-0.3, -0.25) is 0 Å². The Hall–Kier alpha value is -2.44. The van der Waals surface area contributed by atoms with Crippen LogP contribution in [0.1, 0.15) is 34.0 Å². The maximum absolute atomic E-state index is 13.5. The first kappa shape index (κ1) is 17.9. The first-order valence-electron chi connectivity index (χ1n) is 8.75. The van der Waals surface area contributed by atoms with Crippen molar-refractivity contribution in [1.82, 2.24) is 4.41 Å². The van der Waals surface area contributed by atoms with Crippen molar-refractivity contribution >= 4 is 27.1 Å². The van der Waals surface area contributed by atoms with Gasteiger partial charge in [-0.05, 0) is 48.1 Å². The predicted octanol–water partition coefficient (Wildman–Crippen LogP) is 4.90. The molecule has 1 aliphatic heterocycles. The van der Waals surface area contributed by atoms with E-state index in [0.29, 0.717) is 11.3 Å². The highest BCUT2D eigenvalue weighted by molar-refractivity contribution is 7.89. The third-order valence-corrected chi connectivity index (χ3v) is 7.60. The molecule has 0 fully saturated rings. The standard InChI is InChI=1S/C21H20N2O2S2/c1-15-8-3-5-10-17(15)19-14-18(20-11-7-13-26-20)22-23(19)27(24,25)21-12-6-4-9-16(21)2/h3-13,19H,14H2,1-2H3/t19-/m1/s1. The number of rotatable bonds is 4. The number of aryl methyl sites for hydroxylation is 2. The molecule has 1 aromatic heterocycles. The summed E-state index contributed by atoms with van der Waals surface area (Å²) in [6.07, 6.45) is 0.566. The van der Waals surface area contributed by atoms with E-state index in [-0.39, 0.29) is 6.04 Å². The maximum Gasteiger partial charge on any atom is 0.279 e. The molecule has 1 aliphatic rings. The van der Waals surface area contributed by atoms with Gasteiger partial charge >= 0.3 is 0 Å². The minimum Gasteiger partial charge on any atom is -0.200 e. The fourth-order valence-electron chi connectivity index (χ4n) is 3.44. The van der Waals surface area contributed by atoms with E-state index >= 15 is 0 Å². The Morgan fingerprint density at radius 2 is 1.67 bits per heavy atom. The second-order valence-electron chi connectivity index (χ2n) is 6.64. The van der Waals surface area contributed by atoms with Crippen molar-refractivity contribution in [2.24, 2.45) is 5.10 Å². The molecule has 0 bridgehead atoms. The zero-order valence-electron chi connectivity index (χ0n) is 15.2. The molecule has 0 spiro atoms. The summed E-state index contributed by atoms with van der Waals surface area (Å²) >= 11 is 1.58. The molecule has 0 saturated carbocycles. The Morgan fingerprint density at radius 1 is 0.963 bits per heavy atom. The van der Waals surface area contributed by atoms with Crippen LogP contribution >= 0.6 is 11.3 Å². The molecular formula is C21H20N2O2S2. The Labute approximate surface area is 163 Å². The predicted molar refractivity (Wildman–Crippen MR) is 110 cm³/mol. The van der Waals surface area contributed by atoms with Crippen molar-refractivity contribution < 1.29 is 8.42 Å². The van der Waals surface area contributed by atoms with Crippen LogP contribution in [-0.4, -0.2) is 18.5 Å². The van der Waals surface area contributed by atoms with Crippen LogP contribution in [0.15, 0.2) is 76.0 Å². The molecule has 27 heavy (non-hydrogen) atoms. The van der Waals surface area contributed by atoms with Gasteiger partial charge in [-0.25, -0.2) is 0 Å². The van der Waals surface area contributed by atoms with E-state index in [9.17, 15) is 8.42 Å². The van der Waals surface area contributed by atoms with Crippen LogP contribution in [-0.2, 0) is 10.0 Å². The van der Waals surface area contributed by atoms with E-state index < -0.39 is 10.0 Å². The van der Waals surface area contributed by atoms with Crippen molar-refractivity contribution in [3.05, 3.63) is 87.6 Å². The summed E-state index contributed by atoms with van der Waals surface area (Å²) in [4.78, 5) is 1.32. The summed E-state index contributed by atoms with van der Waals surface area (Å²) in [7, 11) is -3.76. The number of hydrogen-bond donors (Lipinski definition) is 0. The first-order valence-corrected chi connectivity index (χ1v) is 11.1. The average Bonchev–Trinajstić information content (AvgIpc) is 3.32. The Balaban J connectivity index is 1.85. The highest BCUT2D eigenvalue weighted by atomic mass is 32.2. The molecule has 0 N–H and O–H groups in total. The largest absolute Gasteiger partial charge is 0.279 e. The van der Waals surface area contributed by atoms with Crippen molar-refractivity contribution in [1.29, 1.82) is 0 Å². The molecule has 1 atom stereocenters. The molecule has 138 valence electrons. The van der Waals surface area contributed by atoms with Crippen LogP contribution in [0.25, 0.3) is 0 Å². The second-order valence-corrected chi connectivity index (χ2v) is 9.36. The van der Waals surface area contributed by atoms with Crippen molar-refractivity contribution in [2.75, 3.05) is 0 Å². The molecule has 0 radical (unpaired) electrons. The van der Waals surface area contributed by atoms with E-state index in [0.717, 1.165) is 27.3 Å². The van der Waals surface area contributed by atoms with Gasteiger partial charge in [0.15, 0.2) is 0 Å². The van der Waals surface area contributed by atoms with Gasteiger partial charge < -0.3 is 0 Å². The van der Waals surface area contributed by atoms with E-state index in [1.165, 1.54) is 4.41 Å². The first-order chi connectivity index (χ1) is 13.0. The van der Waals surface area contributed by atoms with Crippen molar-refractivity contribution in [3.63, 3.8) is 0 Å². The fraction of sp³-hybridized carbons (Fsp3) is 0.190. The molecule has 3 aromatic rings. The third kappa shape index (κ3) is 3.19. The maximum atomic E-state index is 13.5. The fourth-order valence-corrected chi connectivity index (χ4v) is 5.82. The van der Waals surface area contributed by atoms with Gasteiger partial charge in [-0.1, -0.05) is 48.5 Å². The Bertz CT molecular complexity index is 1100. The van der Waals surface area contributed by atoms with Crippen LogP contribution in [0.2, 0.25) is 0 Å². The second kappa shape index (κ2) is 6.94. The van der Waals surface area contributed by atoms with E-state index in [4.69, 9.17) is 0 Å². The summed E-state index contributed by atoms with van der Waals surface area (Å²) in [6.45, 7) is 3.83. The summed E-state index contributed by atoms with van der Waals surface area (Å²) in [5.41, 5.74) is 3.59. The summed E-state index contributed by atoms with van der Waals surface area (Å²) in [5, 5.41) is 6.58. The van der Waals surface area contributed by atoms with Crippen LogP contribution in [0, 0.1) is 13.8 Å². The number of hydrazone groups is 1. The van der Waals surface area contributed by atoms with Crippen molar-refractivity contribution in [3.8, 4) is 0 Å². The number of nitrogens with zero attached hydrogens (tertiary/aromatic N) is 2. The van der Waals surface area contributed by atoms with Gasteiger partial charge in [0.05, 0.1) is 21.5 Å². The minimum atomic E-state index is -3.76. The summed E-state index contributed by atoms with van der Waals surface area (Å²) in [5.74, 6) is 0. The van der Waals surface area contributed by atoms with Gasteiger partial charge in [-0.15, -0.1) is 11.3 Å². The van der Waals surface area contributed by atoms with Gasteiger partial charge in [0.1, 0.15) is 0 Å². The van der Waals surface area contributed by atoms with Gasteiger partial charge in [0.2, 0.25) is 0 Å². The zero-order valence-corrected chi connectivity index (χ0v) is 16.8. The highest BCUT2D eigenvalue weighted by Gasteiger charge is 2.38. The average molecular weight is 397 g/mol. The topological polar surface area (TPSA) is 49.7 Å². The molecular weight excluding hydrogens is 376 g/mol. The number of hydrogen-bond acceptors (Lipinski definition) is 4. The van der Waals surface area contributed by atoms with E-state index in [1.807, 2.05) is 67.8 Å². The number of benzene rings is 2. The van der Waals surface area contributed by atoms with E-state index in [2.05, 4.69) is 5.10 Å². The molecule has 4 rings (SSSR count). The Kier molecular flexibility index (Phi) is 4.61. The summed E-state index contributed by atoms with van der Waals surface area (Å²) < 4.78 is 28.3. The monoisotopic (exact) mass is 396 g/mol. The number of thiophene rings is 1. The molecule has 0 unspecified atom stereocenters. The van der Waals surface area contributed by atoms with Crippen LogP contribution in [0.4, 0.5) is 0 Å². The normalized spacial score (nSPS) is 17.2. The molecule has 0 aliphatic carbocycles. The van der Waals surface area contributed by atoms with Crippen LogP contribution in [0.3, 0.4) is 0 Å². The lowest BCUT2D eigenvalue weighted by molar-refractivity contribution is 0.370. The van der Waals surface area contributed by atoms with Crippen molar-refractivity contribution in [2.45, 2.75) is 31.2 Å². The molecule has 2 aromatic carbocycles. The molecule has 0 saturated heterocycles. The van der Waals surface area contributed by atoms with Gasteiger partial charge in [0.25, 0.3) is 10.0 Å². The minimum absolute atomic E-state index is 0.305. The quantitative estimate of drug-likeness (QED) is 0.629. The third-order valence-electron chi connectivity index (χ3n) is 4.84. The lowest BCUT2D eigenvalue weighted by Gasteiger charge is -2.25. The van der Waals surface area contributed by atoms with Gasteiger partial charge in [0, 0.05) is 6.42 Å². The van der Waals surface area contributed by atoms with Crippen LogP contribution in [0.5, 0.6) is 0 Å². The molecule has 6 heteroatoms. The van der Waals surface area contributed by atoms with Crippen LogP contribution < -0.4 is 0 Å². The SMILES string of the molecule is Cc1ccccc1[C@H]1CC(c2cccs2)=NN1S(=O)(=O)c1ccccc1C. The highest BCUT2D eigenvalue weighted by Crippen LogP contribution is 2.39. The molecule has 4 nitrogen and oxygen atoms in total. The lowest BCUT2D eigenvalue weighted by Crippen LogP contribution is -2.28. The zero-order chi connectivity index (χ0) is 19.0.